The summed E-state index contributed by atoms with van der Waals surface area (Å²) in [6.07, 6.45) is 4.29. The highest BCUT2D eigenvalue weighted by atomic mass is 32.2. The van der Waals surface area contributed by atoms with Crippen LogP contribution in [0.15, 0.2) is 0 Å². The standard InChI is InChI=1S/C13H26N2O4S/c1-9(2)8-11(15-20(3,18)19)13(17)14-10-6-4-5-7-12(10)16/h9-12,15-16H,4-8H2,1-3H3,(H,14,17)/t10-,11?,12-/m1/s1. The fraction of sp³-hybridized carbons (Fsp3) is 0.923. The van der Waals surface area contributed by atoms with Crippen molar-refractivity contribution in [1.82, 2.24) is 10.0 Å². The Hall–Kier alpha value is -0.660. The normalized spacial score (nSPS) is 25.4. The molecular formula is C13H26N2O4S. The molecule has 0 aromatic heterocycles. The first-order valence-electron chi connectivity index (χ1n) is 7.15. The lowest BCUT2D eigenvalue weighted by atomic mass is 9.92. The second kappa shape index (κ2) is 7.38. The fourth-order valence-corrected chi connectivity index (χ4v) is 3.22. The molecule has 1 aliphatic rings. The molecule has 1 amide bonds. The molecule has 7 heteroatoms. The molecule has 3 atom stereocenters. The van der Waals surface area contributed by atoms with Crippen LogP contribution in [0.4, 0.5) is 0 Å². The largest absolute Gasteiger partial charge is 0.391 e. The van der Waals surface area contributed by atoms with Gasteiger partial charge in [-0.1, -0.05) is 26.7 Å². The van der Waals surface area contributed by atoms with E-state index in [2.05, 4.69) is 10.0 Å². The Bertz CT molecular complexity index is 422. The van der Waals surface area contributed by atoms with Crippen molar-refractivity contribution in [3.05, 3.63) is 0 Å². The first-order chi connectivity index (χ1) is 9.19. The maximum Gasteiger partial charge on any atom is 0.238 e. The van der Waals surface area contributed by atoms with Gasteiger partial charge in [0, 0.05) is 0 Å². The van der Waals surface area contributed by atoms with E-state index in [1.807, 2.05) is 13.8 Å². The monoisotopic (exact) mass is 306 g/mol. The molecule has 0 bridgehead atoms. The van der Waals surface area contributed by atoms with Crippen LogP contribution < -0.4 is 10.0 Å². The summed E-state index contributed by atoms with van der Waals surface area (Å²) in [7, 11) is -3.44. The third-order valence-electron chi connectivity index (χ3n) is 3.44. The zero-order valence-electron chi connectivity index (χ0n) is 12.4. The minimum atomic E-state index is -3.44. The number of aliphatic hydroxyl groups excluding tert-OH is 1. The highest BCUT2D eigenvalue weighted by molar-refractivity contribution is 7.88. The highest BCUT2D eigenvalue weighted by Crippen LogP contribution is 2.18. The SMILES string of the molecule is CC(C)CC(NS(C)(=O)=O)C(=O)N[C@@H]1CCCC[C@H]1O. The van der Waals surface area contributed by atoms with Crippen molar-refractivity contribution in [2.75, 3.05) is 6.26 Å². The second-order valence-corrected chi connectivity index (χ2v) is 7.82. The van der Waals surface area contributed by atoms with Gasteiger partial charge in [-0.25, -0.2) is 13.1 Å². The summed E-state index contributed by atoms with van der Waals surface area (Å²) in [4.78, 5) is 12.2. The van der Waals surface area contributed by atoms with Gasteiger partial charge in [0.05, 0.1) is 18.4 Å². The molecule has 1 saturated carbocycles. The summed E-state index contributed by atoms with van der Waals surface area (Å²) in [5.74, 6) is -0.161. The van der Waals surface area contributed by atoms with Crippen LogP contribution in [0.25, 0.3) is 0 Å². The number of carbonyl (C=O) groups excluding carboxylic acids is 1. The van der Waals surface area contributed by atoms with Crippen LogP contribution in [0.5, 0.6) is 0 Å². The summed E-state index contributed by atoms with van der Waals surface area (Å²) < 4.78 is 25.1. The Labute approximate surface area is 121 Å². The highest BCUT2D eigenvalue weighted by Gasteiger charge is 2.29. The lowest BCUT2D eigenvalue weighted by Gasteiger charge is -2.30. The average Bonchev–Trinajstić information content (AvgIpc) is 2.28. The van der Waals surface area contributed by atoms with Crippen LogP contribution in [0, 0.1) is 5.92 Å². The quantitative estimate of drug-likeness (QED) is 0.660. The van der Waals surface area contributed by atoms with Crippen molar-refractivity contribution < 1.29 is 18.3 Å². The summed E-state index contributed by atoms with van der Waals surface area (Å²) in [5, 5.41) is 12.6. The van der Waals surface area contributed by atoms with E-state index in [0.29, 0.717) is 12.8 Å². The summed E-state index contributed by atoms with van der Waals surface area (Å²) >= 11 is 0. The molecule has 0 aromatic carbocycles. The Kier molecular flexibility index (Phi) is 6.42. The van der Waals surface area contributed by atoms with E-state index in [4.69, 9.17) is 0 Å². The van der Waals surface area contributed by atoms with Crippen LogP contribution >= 0.6 is 0 Å². The molecule has 1 unspecified atom stereocenters. The summed E-state index contributed by atoms with van der Waals surface area (Å²) in [6, 6.07) is -1.05. The van der Waals surface area contributed by atoms with Crippen LogP contribution in [-0.2, 0) is 14.8 Å². The van der Waals surface area contributed by atoms with Crippen molar-refractivity contribution in [1.29, 1.82) is 0 Å². The fourth-order valence-electron chi connectivity index (χ4n) is 2.50. The molecule has 0 heterocycles. The molecule has 0 spiro atoms. The lowest BCUT2D eigenvalue weighted by molar-refractivity contribution is -0.125. The molecule has 0 radical (unpaired) electrons. The molecule has 20 heavy (non-hydrogen) atoms. The smallest absolute Gasteiger partial charge is 0.238 e. The van der Waals surface area contributed by atoms with E-state index in [1.165, 1.54) is 0 Å². The molecule has 6 nitrogen and oxygen atoms in total. The van der Waals surface area contributed by atoms with Gasteiger partial charge in [-0.15, -0.1) is 0 Å². The van der Waals surface area contributed by atoms with Gasteiger partial charge in [0.1, 0.15) is 6.04 Å². The summed E-state index contributed by atoms with van der Waals surface area (Å²) in [6.45, 7) is 3.86. The predicted octanol–water partition coefficient (Wildman–Crippen LogP) is 0.370. The third-order valence-corrected chi connectivity index (χ3v) is 4.15. The van der Waals surface area contributed by atoms with E-state index in [-0.39, 0.29) is 17.9 Å². The second-order valence-electron chi connectivity index (χ2n) is 6.04. The molecular weight excluding hydrogens is 280 g/mol. The van der Waals surface area contributed by atoms with Crippen molar-refractivity contribution in [3.63, 3.8) is 0 Å². The Morgan fingerprint density at radius 2 is 1.90 bits per heavy atom. The van der Waals surface area contributed by atoms with E-state index in [9.17, 15) is 18.3 Å². The maximum absolute atomic E-state index is 12.2. The third kappa shape index (κ3) is 6.19. The number of rotatable bonds is 6. The van der Waals surface area contributed by atoms with Gasteiger partial charge in [0.25, 0.3) is 0 Å². The Morgan fingerprint density at radius 3 is 2.40 bits per heavy atom. The van der Waals surface area contributed by atoms with Gasteiger partial charge in [0.15, 0.2) is 0 Å². The van der Waals surface area contributed by atoms with Crippen LogP contribution in [-0.4, -0.2) is 43.9 Å². The first-order valence-corrected chi connectivity index (χ1v) is 9.04. The molecule has 1 rings (SSSR count). The van der Waals surface area contributed by atoms with Gasteiger partial charge in [0.2, 0.25) is 15.9 Å². The van der Waals surface area contributed by atoms with E-state index >= 15 is 0 Å². The molecule has 0 aliphatic heterocycles. The lowest BCUT2D eigenvalue weighted by Crippen LogP contribution is -2.53. The molecule has 3 N–H and O–H groups in total. The number of hydrogen-bond donors (Lipinski definition) is 3. The number of carbonyl (C=O) groups is 1. The van der Waals surface area contributed by atoms with Gasteiger partial charge >= 0.3 is 0 Å². The maximum atomic E-state index is 12.2. The first kappa shape index (κ1) is 17.4. The molecule has 118 valence electrons. The number of nitrogens with one attached hydrogen (secondary N) is 2. The number of aliphatic hydroxyl groups is 1. The molecule has 0 saturated heterocycles. The van der Waals surface area contributed by atoms with Gasteiger partial charge < -0.3 is 10.4 Å². The number of hydrogen-bond acceptors (Lipinski definition) is 4. The average molecular weight is 306 g/mol. The Balaban J connectivity index is 2.66. The van der Waals surface area contributed by atoms with E-state index in [0.717, 1.165) is 25.5 Å². The van der Waals surface area contributed by atoms with Crippen molar-refractivity contribution in [2.45, 2.75) is 64.1 Å². The van der Waals surface area contributed by atoms with Gasteiger partial charge in [-0.05, 0) is 25.2 Å². The molecule has 1 fully saturated rings. The van der Waals surface area contributed by atoms with Crippen molar-refractivity contribution in [3.8, 4) is 0 Å². The molecule has 1 aliphatic carbocycles. The number of sulfonamides is 1. The van der Waals surface area contributed by atoms with E-state index < -0.39 is 22.2 Å². The Morgan fingerprint density at radius 1 is 1.30 bits per heavy atom. The van der Waals surface area contributed by atoms with Gasteiger partial charge in [-0.3, -0.25) is 4.79 Å². The topological polar surface area (TPSA) is 95.5 Å². The molecule has 0 aromatic rings. The summed E-state index contributed by atoms with van der Waals surface area (Å²) in [5.41, 5.74) is 0. The predicted molar refractivity (Wildman–Crippen MR) is 77.6 cm³/mol. The zero-order chi connectivity index (χ0) is 15.3. The number of amides is 1. The minimum Gasteiger partial charge on any atom is -0.391 e. The zero-order valence-corrected chi connectivity index (χ0v) is 13.2. The van der Waals surface area contributed by atoms with Crippen LogP contribution in [0.1, 0.15) is 46.0 Å². The van der Waals surface area contributed by atoms with E-state index in [1.54, 1.807) is 0 Å². The van der Waals surface area contributed by atoms with Gasteiger partial charge in [-0.2, -0.15) is 0 Å². The van der Waals surface area contributed by atoms with Crippen molar-refractivity contribution in [2.24, 2.45) is 5.92 Å². The minimum absolute atomic E-state index is 0.191. The van der Waals surface area contributed by atoms with Crippen LogP contribution in [0.2, 0.25) is 0 Å². The van der Waals surface area contributed by atoms with Crippen LogP contribution in [0.3, 0.4) is 0 Å². The van der Waals surface area contributed by atoms with Crippen molar-refractivity contribution >= 4 is 15.9 Å².